The molecule has 0 aliphatic carbocycles. The standard InChI is InChI=1S/C33H60NO10P/c1-3-5-7-8-9-10-11-12-13-14-15-16-17-18-19-20-21-22-23-25-32(36)44-29(26-41-31(35)24-6-4-2)27-42-45(39,40)43-28-30(34)33(37)38/h9-10,12-13,29-30H,3-8,11,14-28,34H2,1-2H3,(H,37,38)(H,39,40)/b10-9-,13-12-. The van der Waals surface area contributed by atoms with Crippen LogP contribution in [0.1, 0.15) is 136 Å². The number of nitrogens with two attached hydrogens (primary N) is 1. The van der Waals surface area contributed by atoms with Crippen LogP contribution in [0.15, 0.2) is 24.3 Å². The van der Waals surface area contributed by atoms with Gasteiger partial charge in [0.25, 0.3) is 0 Å². The van der Waals surface area contributed by atoms with Gasteiger partial charge < -0.3 is 25.2 Å². The molecule has 0 aromatic carbocycles. The van der Waals surface area contributed by atoms with Crippen molar-refractivity contribution in [1.29, 1.82) is 0 Å². The van der Waals surface area contributed by atoms with E-state index in [9.17, 15) is 23.8 Å². The summed E-state index contributed by atoms with van der Waals surface area (Å²) >= 11 is 0. The van der Waals surface area contributed by atoms with Crippen LogP contribution in [0.3, 0.4) is 0 Å². The Morgan fingerprint density at radius 2 is 1.20 bits per heavy atom. The van der Waals surface area contributed by atoms with E-state index in [1.807, 2.05) is 6.92 Å². The molecule has 0 fully saturated rings. The fraction of sp³-hybridized carbons (Fsp3) is 0.788. The van der Waals surface area contributed by atoms with Crippen LogP contribution >= 0.6 is 7.82 Å². The normalized spacial score (nSPS) is 14.4. The number of rotatable bonds is 31. The number of allylic oxidation sites excluding steroid dienone is 4. The number of phosphoric acid groups is 1. The van der Waals surface area contributed by atoms with Crippen molar-refractivity contribution in [2.24, 2.45) is 5.73 Å². The molecule has 0 radical (unpaired) electrons. The molecule has 11 nitrogen and oxygen atoms in total. The minimum atomic E-state index is -4.69. The lowest BCUT2D eigenvalue weighted by Crippen LogP contribution is -2.34. The fourth-order valence-electron chi connectivity index (χ4n) is 4.19. The lowest BCUT2D eigenvalue weighted by atomic mass is 10.1. The molecular weight excluding hydrogens is 601 g/mol. The largest absolute Gasteiger partial charge is 0.480 e. The lowest BCUT2D eigenvalue weighted by Gasteiger charge is -2.20. The molecular formula is C33H60NO10P. The number of carbonyl (C=O) groups excluding carboxylic acids is 2. The Labute approximate surface area is 270 Å². The predicted octanol–water partition coefficient (Wildman–Crippen LogP) is 7.55. The van der Waals surface area contributed by atoms with Gasteiger partial charge in [0.2, 0.25) is 0 Å². The van der Waals surface area contributed by atoms with Crippen LogP contribution in [-0.2, 0) is 37.5 Å². The van der Waals surface area contributed by atoms with Gasteiger partial charge in [-0.3, -0.25) is 23.4 Å². The molecule has 12 heteroatoms. The number of unbranched alkanes of at least 4 members (excludes halogenated alkanes) is 13. The number of carboxylic acid groups (broad SMARTS) is 1. The van der Waals surface area contributed by atoms with Gasteiger partial charge in [-0.2, -0.15) is 0 Å². The van der Waals surface area contributed by atoms with E-state index in [4.69, 9.17) is 24.8 Å². The molecule has 45 heavy (non-hydrogen) atoms. The molecule has 0 aromatic rings. The maximum atomic E-state index is 12.4. The molecule has 0 rings (SSSR count). The topological polar surface area (TPSA) is 172 Å². The minimum absolute atomic E-state index is 0.156. The average Bonchev–Trinajstić information content (AvgIpc) is 3.01. The van der Waals surface area contributed by atoms with Crippen LogP contribution in [0.5, 0.6) is 0 Å². The summed E-state index contributed by atoms with van der Waals surface area (Å²) in [5.74, 6) is -2.43. The third-order valence-corrected chi connectivity index (χ3v) is 7.90. The SMILES string of the molecule is CCCCC/C=C\C/C=C\CCCCCCCCCCCC(=O)OC(COC(=O)CCCC)COP(=O)(O)OCC(N)C(=O)O. The van der Waals surface area contributed by atoms with E-state index in [1.54, 1.807) is 0 Å². The van der Waals surface area contributed by atoms with Gasteiger partial charge in [0.15, 0.2) is 6.10 Å². The summed E-state index contributed by atoms with van der Waals surface area (Å²) in [6.45, 7) is 2.46. The van der Waals surface area contributed by atoms with Gasteiger partial charge in [-0.1, -0.05) is 102 Å². The minimum Gasteiger partial charge on any atom is -0.480 e. The highest BCUT2D eigenvalue weighted by Crippen LogP contribution is 2.43. The quantitative estimate of drug-likeness (QED) is 0.0290. The number of carbonyl (C=O) groups is 3. The summed E-state index contributed by atoms with van der Waals surface area (Å²) in [5, 5.41) is 8.78. The Kier molecular flexibility index (Phi) is 28.0. The van der Waals surface area contributed by atoms with Crippen LogP contribution in [-0.4, -0.2) is 59.9 Å². The van der Waals surface area contributed by atoms with E-state index >= 15 is 0 Å². The summed E-state index contributed by atoms with van der Waals surface area (Å²) in [6.07, 6.45) is 26.7. The van der Waals surface area contributed by atoms with Crippen molar-refractivity contribution >= 4 is 25.7 Å². The van der Waals surface area contributed by atoms with Gasteiger partial charge in [-0.05, 0) is 44.9 Å². The van der Waals surface area contributed by atoms with E-state index in [-0.39, 0.29) is 19.4 Å². The molecule has 0 bridgehead atoms. The highest BCUT2D eigenvalue weighted by molar-refractivity contribution is 7.47. The summed E-state index contributed by atoms with van der Waals surface area (Å²) in [6, 6.07) is -1.52. The maximum Gasteiger partial charge on any atom is 0.472 e. The number of phosphoric ester groups is 1. The van der Waals surface area contributed by atoms with Gasteiger partial charge >= 0.3 is 25.7 Å². The number of hydrogen-bond acceptors (Lipinski definition) is 9. The third-order valence-electron chi connectivity index (χ3n) is 6.95. The van der Waals surface area contributed by atoms with E-state index in [1.165, 1.54) is 57.8 Å². The molecule has 0 aliphatic heterocycles. The molecule has 0 saturated carbocycles. The first-order valence-corrected chi connectivity index (χ1v) is 18.4. The number of ether oxygens (including phenoxy) is 2. The average molecular weight is 662 g/mol. The van der Waals surface area contributed by atoms with Crippen LogP contribution in [0.25, 0.3) is 0 Å². The molecule has 0 saturated heterocycles. The third kappa shape index (κ3) is 29.1. The van der Waals surface area contributed by atoms with Gasteiger partial charge in [0.05, 0.1) is 13.2 Å². The van der Waals surface area contributed by atoms with Gasteiger partial charge in [0, 0.05) is 12.8 Å². The van der Waals surface area contributed by atoms with Crippen LogP contribution in [0.4, 0.5) is 0 Å². The number of carboxylic acids is 1. The molecule has 3 unspecified atom stereocenters. The first kappa shape index (κ1) is 43.0. The smallest absolute Gasteiger partial charge is 0.472 e. The van der Waals surface area contributed by atoms with E-state index in [0.717, 1.165) is 38.5 Å². The molecule has 262 valence electrons. The van der Waals surface area contributed by atoms with Crippen molar-refractivity contribution in [2.75, 3.05) is 19.8 Å². The number of esters is 2. The first-order chi connectivity index (χ1) is 21.6. The van der Waals surface area contributed by atoms with Crippen molar-refractivity contribution in [3.05, 3.63) is 24.3 Å². The van der Waals surface area contributed by atoms with Crippen molar-refractivity contribution < 1.29 is 47.5 Å². The molecule has 0 amide bonds. The maximum absolute atomic E-state index is 12.4. The van der Waals surface area contributed by atoms with E-state index < -0.39 is 51.1 Å². The number of hydrogen-bond donors (Lipinski definition) is 3. The summed E-state index contributed by atoms with van der Waals surface area (Å²) in [7, 11) is -4.69. The van der Waals surface area contributed by atoms with Gasteiger partial charge in [-0.25, -0.2) is 4.57 Å². The van der Waals surface area contributed by atoms with Crippen molar-refractivity contribution in [3.8, 4) is 0 Å². The van der Waals surface area contributed by atoms with E-state index in [2.05, 4.69) is 35.8 Å². The zero-order chi connectivity index (χ0) is 33.6. The summed E-state index contributed by atoms with van der Waals surface area (Å²) < 4.78 is 32.0. The Balaban J connectivity index is 4.15. The van der Waals surface area contributed by atoms with E-state index in [0.29, 0.717) is 12.8 Å². The highest BCUT2D eigenvalue weighted by Gasteiger charge is 2.28. The molecule has 0 heterocycles. The Morgan fingerprint density at radius 3 is 1.78 bits per heavy atom. The molecule has 0 aromatic heterocycles. The Morgan fingerprint density at radius 1 is 0.689 bits per heavy atom. The summed E-state index contributed by atoms with van der Waals surface area (Å²) in [5.41, 5.74) is 5.27. The van der Waals surface area contributed by atoms with Crippen molar-refractivity contribution in [3.63, 3.8) is 0 Å². The Hall–Kier alpha value is -2.04. The first-order valence-electron chi connectivity index (χ1n) is 16.9. The van der Waals surface area contributed by atoms with Crippen molar-refractivity contribution in [1.82, 2.24) is 0 Å². The molecule has 4 N–H and O–H groups in total. The monoisotopic (exact) mass is 661 g/mol. The van der Waals surface area contributed by atoms with Gasteiger partial charge in [-0.15, -0.1) is 0 Å². The molecule has 0 aliphatic rings. The van der Waals surface area contributed by atoms with Gasteiger partial charge in [0.1, 0.15) is 12.6 Å². The number of aliphatic carboxylic acids is 1. The van der Waals surface area contributed by atoms with Crippen LogP contribution in [0, 0.1) is 0 Å². The summed E-state index contributed by atoms with van der Waals surface area (Å²) in [4.78, 5) is 44.9. The second-order valence-corrected chi connectivity index (χ2v) is 12.8. The zero-order valence-corrected chi connectivity index (χ0v) is 28.6. The highest BCUT2D eigenvalue weighted by atomic mass is 31.2. The van der Waals surface area contributed by atoms with Crippen LogP contribution < -0.4 is 5.73 Å². The Bertz CT molecular complexity index is 880. The second kappa shape index (κ2) is 29.4. The molecule has 0 spiro atoms. The van der Waals surface area contributed by atoms with Crippen molar-refractivity contribution in [2.45, 2.75) is 148 Å². The second-order valence-electron chi connectivity index (χ2n) is 11.3. The lowest BCUT2D eigenvalue weighted by molar-refractivity contribution is -0.161. The van der Waals surface area contributed by atoms with Crippen LogP contribution in [0.2, 0.25) is 0 Å². The zero-order valence-electron chi connectivity index (χ0n) is 27.7. The molecule has 3 atom stereocenters. The predicted molar refractivity (Wildman–Crippen MR) is 176 cm³/mol. The fourth-order valence-corrected chi connectivity index (χ4v) is 4.97.